The summed E-state index contributed by atoms with van der Waals surface area (Å²) in [5.74, 6) is 1.82. The number of aryl methyl sites for hydroxylation is 1. The van der Waals surface area contributed by atoms with E-state index in [0.29, 0.717) is 23.1 Å². The van der Waals surface area contributed by atoms with E-state index >= 15 is 0 Å². The Morgan fingerprint density at radius 3 is 2.36 bits per heavy atom. The molecule has 192 valence electrons. The van der Waals surface area contributed by atoms with Crippen LogP contribution in [0.4, 0.5) is 17.6 Å². The zero-order valence-electron chi connectivity index (χ0n) is 21.0. The molecule has 10 nitrogen and oxygen atoms in total. The molecular weight excluding hydrogens is 504 g/mol. The maximum absolute atomic E-state index is 12.8. The van der Waals surface area contributed by atoms with Gasteiger partial charge in [-0.15, -0.1) is 0 Å². The van der Waals surface area contributed by atoms with Crippen LogP contribution >= 0.6 is 11.6 Å². The van der Waals surface area contributed by atoms with Crippen LogP contribution in [0.3, 0.4) is 0 Å². The number of benzene rings is 2. The quantitative estimate of drug-likeness (QED) is 0.233. The van der Waals surface area contributed by atoms with Gasteiger partial charge in [-0.2, -0.15) is 23.5 Å². The normalized spacial score (nSPS) is 11.4. The molecule has 0 aliphatic rings. The van der Waals surface area contributed by atoms with E-state index in [1.165, 1.54) is 24.4 Å². The second-order valence-electron chi connectivity index (χ2n) is 8.18. The summed E-state index contributed by atoms with van der Waals surface area (Å²) in [4.78, 5) is 12.6. The second-order valence-corrected chi connectivity index (χ2v) is 10.1. The summed E-state index contributed by atoms with van der Waals surface area (Å²) in [6, 6.07) is 11.2. The molecule has 0 amide bonds. The van der Waals surface area contributed by atoms with Crippen LogP contribution in [0.5, 0.6) is 11.5 Å². The van der Waals surface area contributed by atoms with Crippen LogP contribution in [0.15, 0.2) is 52.5 Å². The largest absolute Gasteiger partial charge is 0.490 e. The third-order valence-electron chi connectivity index (χ3n) is 4.79. The number of hydrogen-bond acceptors (Lipinski definition) is 10. The van der Waals surface area contributed by atoms with Crippen molar-refractivity contribution in [2.24, 2.45) is 5.10 Å². The Morgan fingerprint density at radius 1 is 1.06 bits per heavy atom. The highest BCUT2D eigenvalue weighted by molar-refractivity contribution is 7.87. The second kappa shape index (κ2) is 11.4. The van der Waals surface area contributed by atoms with Crippen molar-refractivity contribution in [1.29, 1.82) is 0 Å². The maximum atomic E-state index is 12.8. The molecule has 0 saturated heterocycles. The molecule has 1 N–H and O–H groups in total. The van der Waals surface area contributed by atoms with Gasteiger partial charge < -0.3 is 18.7 Å². The topological polar surface area (TPSA) is 109 Å². The summed E-state index contributed by atoms with van der Waals surface area (Å²) in [6.45, 7) is 3.91. The van der Waals surface area contributed by atoms with Crippen molar-refractivity contribution < 1.29 is 17.3 Å². The number of nitrogens with one attached hydrogen (secondary N) is 1. The van der Waals surface area contributed by atoms with Gasteiger partial charge in [0.2, 0.25) is 11.7 Å². The summed E-state index contributed by atoms with van der Waals surface area (Å²) >= 11 is 6.41. The number of ether oxygens (including phenoxy) is 1. The van der Waals surface area contributed by atoms with Crippen LogP contribution in [0.2, 0.25) is 5.02 Å². The first-order valence-corrected chi connectivity index (χ1v) is 12.8. The Labute approximate surface area is 216 Å². The van der Waals surface area contributed by atoms with E-state index in [1.54, 1.807) is 36.1 Å². The molecule has 3 rings (SSSR count). The first-order valence-electron chi connectivity index (χ1n) is 11.0. The van der Waals surface area contributed by atoms with Gasteiger partial charge in [0.25, 0.3) is 0 Å². The van der Waals surface area contributed by atoms with Crippen LogP contribution in [0.1, 0.15) is 18.1 Å². The van der Waals surface area contributed by atoms with Crippen molar-refractivity contribution in [3.63, 3.8) is 0 Å². The van der Waals surface area contributed by atoms with Crippen molar-refractivity contribution in [2.75, 3.05) is 50.0 Å². The molecule has 0 bridgehead atoms. The highest BCUT2D eigenvalue weighted by atomic mass is 35.5. The van der Waals surface area contributed by atoms with Crippen LogP contribution in [-0.4, -0.2) is 59.4 Å². The van der Waals surface area contributed by atoms with Crippen LogP contribution in [-0.2, 0) is 10.1 Å². The molecule has 0 spiro atoms. The van der Waals surface area contributed by atoms with E-state index in [0.717, 1.165) is 5.56 Å². The average Bonchev–Trinajstić information content (AvgIpc) is 2.81. The molecule has 0 saturated carbocycles. The van der Waals surface area contributed by atoms with E-state index in [4.69, 9.17) is 20.5 Å². The van der Waals surface area contributed by atoms with Gasteiger partial charge in [0.05, 0.1) is 17.8 Å². The molecule has 0 aliphatic carbocycles. The predicted octanol–water partition coefficient (Wildman–Crippen LogP) is 4.18. The van der Waals surface area contributed by atoms with E-state index in [1.807, 2.05) is 40.0 Å². The van der Waals surface area contributed by atoms with Gasteiger partial charge in [-0.3, -0.25) is 5.43 Å². The molecule has 2 aromatic carbocycles. The molecule has 3 aromatic rings. The van der Waals surface area contributed by atoms with Crippen molar-refractivity contribution in [3.8, 4) is 11.5 Å². The summed E-state index contributed by atoms with van der Waals surface area (Å²) in [7, 11) is 3.35. The van der Waals surface area contributed by atoms with Gasteiger partial charge in [-0.25, -0.2) is 0 Å². The van der Waals surface area contributed by atoms with Crippen LogP contribution in [0.25, 0.3) is 0 Å². The molecule has 0 unspecified atom stereocenters. The smallest absolute Gasteiger partial charge is 0.339 e. The molecule has 36 heavy (non-hydrogen) atoms. The Kier molecular flexibility index (Phi) is 8.59. The standard InChI is InChI=1S/C24H29ClN6O4S/c1-7-34-20-13-17(15-26-29-21-14-22(30(3)4)28-24(27-21)31(5)6)12-19(25)23(20)35-36(32,33)18-10-8-16(2)9-11-18/h8-15H,7H2,1-6H3,(H,27,28,29)/b26-15-. The highest BCUT2D eigenvalue weighted by Gasteiger charge is 2.22. The van der Waals surface area contributed by atoms with E-state index in [9.17, 15) is 8.42 Å². The Balaban J connectivity index is 1.87. The summed E-state index contributed by atoms with van der Waals surface area (Å²) in [5, 5.41) is 4.30. The lowest BCUT2D eigenvalue weighted by molar-refractivity contribution is 0.327. The first-order chi connectivity index (χ1) is 17.0. The Morgan fingerprint density at radius 2 is 1.75 bits per heavy atom. The van der Waals surface area contributed by atoms with Crippen molar-refractivity contribution in [1.82, 2.24) is 9.97 Å². The highest BCUT2D eigenvalue weighted by Crippen LogP contribution is 2.38. The van der Waals surface area contributed by atoms with Crippen molar-refractivity contribution >= 4 is 45.5 Å². The third-order valence-corrected chi connectivity index (χ3v) is 6.30. The summed E-state index contributed by atoms with van der Waals surface area (Å²) in [5.41, 5.74) is 4.38. The molecule has 0 radical (unpaired) electrons. The molecule has 1 heterocycles. The number of anilines is 3. The molecular formula is C24H29ClN6O4S. The fourth-order valence-electron chi connectivity index (χ4n) is 2.95. The number of hydrazone groups is 1. The maximum Gasteiger partial charge on any atom is 0.339 e. The zero-order valence-corrected chi connectivity index (χ0v) is 22.6. The van der Waals surface area contributed by atoms with Gasteiger partial charge >= 0.3 is 10.1 Å². The van der Waals surface area contributed by atoms with Crippen molar-refractivity contribution in [3.05, 3.63) is 58.6 Å². The van der Waals surface area contributed by atoms with Crippen molar-refractivity contribution in [2.45, 2.75) is 18.7 Å². The predicted molar refractivity (Wildman–Crippen MR) is 144 cm³/mol. The molecule has 0 atom stereocenters. The minimum absolute atomic E-state index is 0.0143. The lowest BCUT2D eigenvalue weighted by Gasteiger charge is -2.17. The fraction of sp³-hybridized carbons (Fsp3) is 0.292. The minimum Gasteiger partial charge on any atom is -0.490 e. The number of rotatable bonds is 10. The lowest BCUT2D eigenvalue weighted by Crippen LogP contribution is -2.17. The molecule has 0 aliphatic heterocycles. The van der Waals surface area contributed by atoms with Gasteiger partial charge in [0.1, 0.15) is 10.7 Å². The number of hydrogen-bond donors (Lipinski definition) is 1. The number of nitrogens with zero attached hydrogens (tertiary/aromatic N) is 5. The molecule has 1 aromatic heterocycles. The zero-order chi connectivity index (χ0) is 26.5. The first kappa shape index (κ1) is 27.0. The fourth-order valence-corrected chi connectivity index (χ4v) is 4.21. The lowest BCUT2D eigenvalue weighted by atomic mass is 10.2. The Bertz CT molecular complexity index is 1320. The van der Waals surface area contributed by atoms with E-state index < -0.39 is 10.1 Å². The number of halogens is 1. The van der Waals surface area contributed by atoms with Crippen LogP contribution in [0, 0.1) is 6.92 Å². The SMILES string of the molecule is CCOc1cc(/C=N\Nc2cc(N(C)C)nc(N(C)C)n2)cc(Cl)c1OS(=O)(=O)c1ccc(C)cc1. The van der Waals surface area contributed by atoms with Gasteiger partial charge in [-0.05, 0) is 43.7 Å². The third kappa shape index (κ3) is 6.76. The Hall–Kier alpha value is -3.57. The van der Waals surface area contributed by atoms with Gasteiger partial charge in [0.15, 0.2) is 11.6 Å². The summed E-state index contributed by atoms with van der Waals surface area (Å²) < 4.78 is 36.6. The van der Waals surface area contributed by atoms with Crippen LogP contribution < -0.4 is 24.1 Å². The molecule has 12 heteroatoms. The minimum atomic E-state index is -4.11. The monoisotopic (exact) mass is 532 g/mol. The molecule has 0 fully saturated rings. The van der Waals surface area contributed by atoms with E-state index in [-0.39, 0.29) is 28.0 Å². The van der Waals surface area contributed by atoms with Gasteiger partial charge in [0, 0.05) is 34.3 Å². The summed E-state index contributed by atoms with van der Waals surface area (Å²) in [6.07, 6.45) is 1.51. The van der Waals surface area contributed by atoms with Gasteiger partial charge in [-0.1, -0.05) is 29.3 Å². The number of aromatic nitrogens is 2. The average molecular weight is 533 g/mol. The van der Waals surface area contributed by atoms with E-state index in [2.05, 4.69) is 20.5 Å².